The van der Waals surface area contributed by atoms with Crippen LogP contribution in [0.4, 0.5) is 0 Å². The molecule has 0 bridgehead atoms. The summed E-state index contributed by atoms with van der Waals surface area (Å²) in [5.74, 6) is 0.904. The first kappa shape index (κ1) is 16.2. The molecule has 1 fully saturated rings. The van der Waals surface area contributed by atoms with Crippen LogP contribution in [0, 0.1) is 0 Å². The summed E-state index contributed by atoms with van der Waals surface area (Å²) in [6, 6.07) is 12.7. The van der Waals surface area contributed by atoms with E-state index in [-0.39, 0.29) is 6.29 Å². The number of nitrogens with zero attached hydrogens (tertiary/aromatic N) is 1. The average molecular weight is 311 g/mol. The van der Waals surface area contributed by atoms with E-state index in [1.807, 2.05) is 12.1 Å². The summed E-state index contributed by atoms with van der Waals surface area (Å²) in [6.07, 6.45) is -0.330. The van der Waals surface area contributed by atoms with Crippen LogP contribution >= 0.6 is 0 Å². The Hall–Kier alpha value is -1.71. The molecule has 1 aliphatic rings. The summed E-state index contributed by atoms with van der Waals surface area (Å²) < 4.78 is 11.2. The van der Waals surface area contributed by atoms with Gasteiger partial charge in [0.1, 0.15) is 0 Å². The normalized spacial score (nSPS) is 15.7. The van der Waals surface area contributed by atoms with E-state index in [2.05, 4.69) is 52.0 Å². The highest BCUT2D eigenvalue weighted by Crippen LogP contribution is 2.36. The Morgan fingerprint density at radius 1 is 0.870 bits per heavy atom. The van der Waals surface area contributed by atoms with E-state index in [0.29, 0.717) is 25.0 Å². The molecule has 0 aliphatic carbocycles. The molecular weight excluding hydrogens is 286 g/mol. The van der Waals surface area contributed by atoms with Crippen LogP contribution < -0.4 is 0 Å². The summed E-state index contributed by atoms with van der Waals surface area (Å²) in [5.41, 5.74) is 5.81. The van der Waals surface area contributed by atoms with Crippen molar-refractivity contribution in [1.29, 1.82) is 0 Å². The molecule has 0 saturated carbocycles. The minimum atomic E-state index is -0.330. The fourth-order valence-electron chi connectivity index (χ4n) is 3.10. The molecule has 1 aromatic heterocycles. The maximum absolute atomic E-state index is 5.60. The highest BCUT2D eigenvalue weighted by atomic mass is 16.7. The number of benzene rings is 1. The fraction of sp³-hybridized carbons (Fsp3) is 0.450. The second kappa shape index (κ2) is 6.81. The maximum atomic E-state index is 5.60. The van der Waals surface area contributed by atoms with Gasteiger partial charge in [0.05, 0.1) is 24.6 Å². The van der Waals surface area contributed by atoms with Gasteiger partial charge in [0.15, 0.2) is 0 Å². The molecule has 0 unspecified atom stereocenters. The van der Waals surface area contributed by atoms with Crippen LogP contribution in [-0.2, 0) is 9.47 Å². The van der Waals surface area contributed by atoms with Gasteiger partial charge in [0.25, 0.3) is 0 Å². The topological polar surface area (TPSA) is 31.4 Å². The third-order valence-corrected chi connectivity index (χ3v) is 4.26. The predicted molar refractivity (Wildman–Crippen MR) is 92.5 cm³/mol. The molecule has 122 valence electrons. The Bertz CT molecular complexity index is 647. The molecule has 0 amide bonds. The second-order valence-electron chi connectivity index (χ2n) is 6.64. The van der Waals surface area contributed by atoms with Gasteiger partial charge in [-0.1, -0.05) is 52.0 Å². The molecule has 0 spiro atoms. The molecule has 2 aromatic rings. The van der Waals surface area contributed by atoms with E-state index in [1.54, 1.807) is 0 Å². The Morgan fingerprint density at radius 3 is 2.00 bits per heavy atom. The molecular formula is C20H25NO2. The van der Waals surface area contributed by atoms with Crippen molar-refractivity contribution in [3.05, 3.63) is 53.2 Å². The first-order valence-corrected chi connectivity index (χ1v) is 8.41. The van der Waals surface area contributed by atoms with Crippen LogP contribution in [-0.4, -0.2) is 18.2 Å². The van der Waals surface area contributed by atoms with Gasteiger partial charge in [-0.3, -0.25) is 0 Å². The Kier molecular flexibility index (Phi) is 4.79. The maximum Gasteiger partial charge on any atom is 0.201 e. The van der Waals surface area contributed by atoms with Gasteiger partial charge < -0.3 is 9.47 Å². The lowest BCUT2D eigenvalue weighted by Gasteiger charge is -2.20. The Balaban J connectivity index is 2.12. The van der Waals surface area contributed by atoms with Gasteiger partial charge in [-0.15, -0.1) is 0 Å². The number of pyridine rings is 1. The zero-order valence-electron chi connectivity index (χ0n) is 14.4. The first-order valence-electron chi connectivity index (χ1n) is 8.41. The first-order chi connectivity index (χ1) is 11.1. The summed E-state index contributed by atoms with van der Waals surface area (Å²) in [5, 5.41) is 0. The molecule has 1 aromatic carbocycles. The highest BCUT2D eigenvalue weighted by molar-refractivity contribution is 5.69. The number of hydrogen-bond acceptors (Lipinski definition) is 3. The van der Waals surface area contributed by atoms with E-state index in [0.717, 1.165) is 11.4 Å². The van der Waals surface area contributed by atoms with E-state index in [1.165, 1.54) is 16.7 Å². The summed E-state index contributed by atoms with van der Waals surface area (Å²) in [4.78, 5) is 4.86. The lowest BCUT2D eigenvalue weighted by molar-refractivity contribution is -0.0472. The molecule has 3 nitrogen and oxygen atoms in total. The lowest BCUT2D eigenvalue weighted by atomic mass is 9.87. The molecule has 2 heterocycles. The van der Waals surface area contributed by atoms with Crippen molar-refractivity contribution in [3.8, 4) is 11.3 Å². The van der Waals surface area contributed by atoms with Gasteiger partial charge in [-0.25, -0.2) is 4.98 Å². The van der Waals surface area contributed by atoms with Crippen LogP contribution in [0.25, 0.3) is 11.3 Å². The van der Waals surface area contributed by atoms with E-state index in [4.69, 9.17) is 14.5 Å². The van der Waals surface area contributed by atoms with E-state index < -0.39 is 0 Å². The van der Waals surface area contributed by atoms with Gasteiger partial charge in [0.2, 0.25) is 6.29 Å². The molecule has 23 heavy (non-hydrogen) atoms. The van der Waals surface area contributed by atoms with Gasteiger partial charge in [0, 0.05) is 5.56 Å². The van der Waals surface area contributed by atoms with E-state index >= 15 is 0 Å². The van der Waals surface area contributed by atoms with Crippen LogP contribution in [0.1, 0.15) is 62.6 Å². The molecule has 3 heteroatoms. The van der Waals surface area contributed by atoms with Gasteiger partial charge >= 0.3 is 0 Å². The minimum absolute atomic E-state index is 0.330. The molecule has 1 saturated heterocycles. The summed E-state index contributed by atoms with van der Waals surface area (Å²) >= 11 is 0. The second-order valence-corrected chi connectivity index (χ2v) is 6.64. The summed E-state index contributed by atoms with van der Waals surface area (Å²) in [6.45, 7) is 10.2. The van der Waals surface area contributed by atoms with Crippen molar-refractivity contribution in [3.63, 3.8) is 0 Å². The summed E-state index contributed by atoms with van der Waals surface area (Å²) in [7, 11) is 0. The number of aromatic nitrogens is 1. The van der Waals surface area contributed by atoms with Crippen molar-refractivity contribution in [2.75, 3.05) is 13.2 Å². The minimum Gasteiger partial charge on any atom is -0.345 e. The van der Waals surface area contributed by atoms with E-state index in [9.17, 15) is 0 Å². The number of rotatable bonds is 4. The van der Waals surface area contributed by atoms with Crippen LogP contribution in [0.3, 0.4) is 0 Å². The third kappa shape index (κ3) is 3.31. The molecule has 1 aliphatic heterocycles. The van der Waals surface area contributed by atoms with Gasteiger partial charge in [-0.2, -0.15) is 0 Å². The van der Waals surface area contributed by atoms with Crippen molar-refractivity contribution in [2.24, 2.45) is 0 Å². The smallest absolute Gasteiger partial charge is 0.201 e. The van der Waals surface area contributed by atoms with Crippen molar-refractivity contribution >= 4 is 0 Å². The van der Waals surface area contributed by atoms with Gasteiger partial charge in [-0.05, 0) is 35.1 Å². The van der Waals surface area contributed by atoms with Crippen molar-refractivity contribution < 1.29 is 9.47 Å². The number of ether oxygens (including phenoxy) is 2. The van der Waals surface area contributed by atoms with Crippen molar-refractivity contribution in [1.82, 2.24) is 4.98 Å². The Labute approximate surface area is 138 Å². The zero-order chi connectivity index (χ0) is 16.4. The molecule has 0 atom stereocenters. The highest BCUT2D eigenvalue weighted by Gasteiger charge is 2.22. The largest absolute Gasteiger partial charge is 0.345 e. The third-order valence-electron chi connectivity index (χ3n) is 4.26. The fourth-order valence-corrected chi connectivity index (χ4v) is 3.10. The molecule has 0 N–H and O–H groups in total. The molecule has 3 rings (SSSR count). The van der Waals surface area contributed by atoms with Crippen LogP contribution in [0.5, 0.6) is 0 Å². The van der Waals surface area contributed by atoms with Crippen LogP contribution in [0.15, 0.2) is 36.4 Å². The van der Waals surface area contributed by atoms with Crippen molar-refractivity contribution in [2.45, 2.75) is 45.8 Å². The zero-order valence-corrected chi connectivity index (χ0v) is 14.4. The Morgan fingerprint density at radius 2 is 1.43 bits per heavy atom. The SMILES string of the molecule is CC(C)c1cccc(C(C)C)c1-c1cccc(C2OCCO2)n1. The van der Waals surface area contributed by atoms with Crippen LogP contribution in [0.2, 0.25) is 0 Å². The average Bonchev–Trinajstić information content (AvgIpc) is 3.08. The molecule has 0 radical (unpaired) electrons. The lowest BCUT2D eigenvalue weighted by Crippen LogP contribution is -2.05. The monoisotopic (exact) mass is 311 g/mol. The predicted octanol–water partition coefficient (Wildman–Crippen LogP) is 5.04. The standard InChI is InChI=1S/C20H25NO2/c1-13(2)15-7-5-8-16(14(3)4)19(15)17-9-6-10-18(21-17)20-22-11-12-23-20/h5-10,13-14,20H,11-12H2,1-4H3. The quantitative estimate of drug-likeness (QED) is 0.792. The number of hydrogen-bond donors (Lipinski definition) is 0.